The Hall–Kier alpha value is -3.70. The van der Waals surface area contributed by atoms with Gasteiger partial charge < -0.3 is 33.7 Å². The second-order valence-corrected chi connectivity index (χ2v) is 11.0. The van der Waals surface area contributed by atoms with E-state index in [2.05, 4.69) is 10.3 Å². The van der Waals surface area contributed by atoms with Crippen LogP contribution in [0.15, 0.2) is 42.6 Å². The van der Waals surface area contributed by atoms with Crippen LogP contribution in [0.5, 0.6) is 11.5 Å². The van der Waals surface area contributed by atoms with Crippen LogP contribution >= 0.6 is 0 Å². The lowest BCUT2D eigenvalue weighted by Crippen LogP contribution is -2.46. The average Bonchev–Trinajstić information content (AvgIpc) is 2.99. The number of nitrogens with zero attached hydrogens (tertiary/aromatic N) is 1. The first-order valence-electron chi connectivity index (χ1n) is 14.2. The minimum absolute atomic E-state index is 0.0492. The zero-order valence-electron chi connectivity index (χ0n) is 25.2. The van der Waals surface area contributed by atoms with Crippen LogP contribution in [0.4, 0.5) is 0 Å². The molecule has 1 amide bonds. The van der Waals surface area contributed by atoms with Crippen molar-refractivity contribution in [2.75, 3.05) is 33.7 Å². The van der Waals surface area contributed by atoms with Gasteiger partial charge >= 0.3 is 11.9 Å². The monoisotopic (exact) mass is 586 g/mol. The van der Waals surface area contributed by atoms with E-state index in [1.807, 2.05) is 58.0 Å². The highest BCUT2D eigenvalue weighted by Gasteiger charge is 2.40. The molecule has 1 saturated heterocycles. The van der Waals surface area contributed by atoms with Gasteiger partial charge in [0.1, 0.15) is 18.8 Å². The molecule has 1 aromatic carbocycles. The Kier molecular flexibility index (Phi) is 12.6. The number of benzene rings is 1. The minimum atomic E-state index is -1.30. The molecule has 230 valence electrons. The first-order chi connectivity index (χ1) is 20.1. The number of aromatic nitrogens is 1. The molecule has 4 atom stereocenters. The fraction of sp³-hybridized carbons (Fsp3) is 0.548. The maximum Gasteiger partial charge on any atom is 0.332 e. The van der Waals surface area contributed by atoms with Gasteiger partial charge in [-0.25, -0.2) is 9.78 Å². The summed E-state index contributed by atoms with van der Waals surface area (Å²) < 4.78 is 34.0. The zero-order chi connectivity index (χ0) is 30.6. The molecule has 2 heterocycles. The quantitative estimate of drug-likeness (QED) is 0.211. The van der Waals surface area contributed by atoms with Gasteiger partial charge in [-0.2, -0.15) is 0 Å². The summed E-state index contributed by atoms with van der Waals surface area (Å²) in [6, 6.07) is 9.72. The maximum absolute atomic E-state index is 13.4. The first-order valence-corrected chi connectivity index (χ1v) is 14.2. The highest BCUT2D eigenvalue weighted by atomic mass is 16.7. The molecule has 0 saturated carbocycles. The lowest BCUT2D eigenvalue weighted by atomic mass is 9.91. The van der Waals surface area contributed by atoms with Crippen molar-refractivity contribution >= 4 is 17.8 Å². The zero-order valence-corrected chi connectivity index (χ0v) is 25.2. The molecule has 1 aliphatic heterocycles. The van der Waals surface area contributed by atoms with Crippen molar-refractivity contribution in [3.05, 3.63) is 53.9 Å². The number of cyclic esters (lactones) is 2. The maximum atomic E-state index is 13.4. The van der Waals surface area contributed by atoms with Crippen molar-refractivity contribution in [1.29, 1.82) is 0 Å². The number of carbonyl (C=O) groups excluding carboxylic acids is 3. The molecule has 0 radical (unpaired) electrons. The minimum Gasteiger partial charge on any atom is -0.493 e. The summed E-state index contributed by atoms with van der Waals surface area (Å²) in [4.78, 5) is 44.2. The Bertz CT molecular complexity index is 1170. The Balaban J connectivity index is 1.81. The predicted octanol–water partition coefficient (Wildman–Crippen LogP) is 3.59. The number of methoxy groups -OCH3 is 1. The molecule has 1 N–H and O–H groups in total. The van der Waals surface area contributed by atoms with E-state index in [1.165, 1.54) is 19.4 Å². The summed E-state index contributed by atoms with van der Waals surface area (Å²) >= 11 is 0. The predicted molar refractivity (Wildman–Crippen MR) is 153 cm³/mol. The summed E-state index contributed by atoms with van der Waals surface area (Å²) in [7, 11) is 1.43. The summed E-state index contributed by atoms with van der Waals surface area (Å²) in [6.45, 7) is 9.88. The van der Waals surface area contributed by atoms with E-state index in [4.69, 9.17) is 28.4 Å². The van der Waals surface area contributed by atoms with Crippen molar-refractivity contribution in [1.82, 2.24) is 10.3 Å². The van der Waals surface area contributed by atoms with Gasteiger partial charge in [0.25, 0.3) is 5.91 Å². The summed E-state index contributed by atoms with van der Waals surface area (Å²) in [5, 5.41) is 2.58. The van der Waals surface area contributed by atoms with Gasteiger partial charge in [-0.1, -0.05) is 58.0 Å². The van der Waals surface area contributed by atoms with Crippen LogP contribution in [-0.4, -0.2) is 74.8 Å². The van der Waals surface area contributed by atoms with E-state index in [0.29, 0.717) is 19.6 Å². The van der Waals surface area contributed by atoms with Crippen molar-refractivity contribution < 1.29 is 42.8 Å². The van der Waals surface area contributed by atoms with E-state index in [0.717, 1.165) is 5.56 Å². The van der Waals surface area contributed by atoms with Crippen LogP contribution in [-0.2, 0) is 35.0 Å². The van der Waals surface area contributed by atoms with Crippen LogP contribution in [0.2, 0.25) is 0 Å². The number of nitrogens with one attached hydrogen (secondary N) is 1. The third kappa shape index (κ3) is 9.42. The van der Waals surface area contributed by atoms with E-state index in [1.54, 1.807) is 6.92 Å². The van der Waals surface area contributed by atoms with E-state index < -0.39 is 48.6 Å². The molecule has 1 aliphatic rings. The molecule has 0 aliphatic carbocycles. The molecule has 4 unspecified atom stereocenters. The second-order valence-electron chi connectivity index (χ2n) is 11.0. The normalized spacial score (nSPS) is 21.1. The van der Waals surface area contributed by atoms with E-state index >= 15 is 0 Å². The molecule has 3 rings (SSSR count). The molecular weight excluding hydrogens is 544 g/mol. The second kappa shape index (κ2) is 16.1. The molecule has 0 spiro atoms. The number of esters is 2. The van der Waals surface area contributed by atoms with Gasteiger partial charge in [-0.15, -0.1) is 0 Å². The fourth-order valence-corrected chi connectivity index (χ4v) is 4.36. The van der Waals surface area contributed by atoms with Crippen LogP contribution in [0.1, 0.15) is 50.7 Å². The number of rotatable bonds is 13. The van der Waals surface area contributed by atoms with Gasteiger partial charge in [0, 0.05) is 18.9 Å². The number of amides is 1. The standard InChI is InChI=1S/C31H42N2O9/c1-19(2)15-38-18-41-28-25(37-6)12-13-32-26(28)29(34)33-24-17-40-30(35)23(14-22-10-8-7-9-11-22)27(39-16-20(3)4)21(5)42-31(24)36/h7-13,19-21,23-24,27H,14-18H2,1-6H3,(H,33,34). The molecule has 1 fully saturated rings. The Labute approximate surface area is 247 Å². The number of hydrogen-bond donors (Lipinski definition) is 1. The van der Waals surface area contributed by atoms with Crippen molar-refractivity contribution in [2.24, 2.45) is 17.8 Å². The van der Waals surface area contributed by atoms with Gasteiger partial charge in [0.15, 0.2) is 30.0 Å². The third-order valence-corrected chi connectivity index (χ3v) is 6.41. The van der Waals surface area contributed by atoms with Crippen molar-refractivity contribution in [2.45, 2.75) is 59.3 Å². The number of pyridine rings is 1. The molecule has 42 heavy (non-hydrogen) atoms. The highest BCUT2D eigenvalue weighted by Crippen LogP contribution is 2.30. The number of carbonyl (C=O) groups is 3. The summed E-state index contributed by atoms with van der Waals surface area (Å²) in [6.07, 6.45) is 0.143. The summed E-state index contributed by atoms with van der Waals surface area (Å²) in [5.41, 5.74) is 0.781. The topological polar surface area (TPSA) is 132 Å². The van der Waals surface area contributed by atoms with Crippen LogP contribution in [0.25, 0.3) is 0 Å². The van der Waals surface area contributed by atoms with Gasteiger partial charge in [0.2, 0.25) is 0 Å². The number of ether oxygens (including phenoxy) is 6. The smallest absolute Gasteiger partial charge is 0.332 e. The Morgan fingerprint density at radius 3 is 2.43 bits per heavy atom. The number of hydrogen-bond acceptors (Lipinski definition) is 10. The van der Waals surface area contributed by atoms with E-state index in [9.17, 15) is 14.4 Å². The van der Waals surface area contributed by atoms with Crippen LogP contribution in [0.3, 0.4) is 0 Å². The van der Waals surface area contributed by atoms with Crippen molar-refractivity contribution in [3.8, 4) is 11.5 Å². The average molecular weight is 587 g/mol. The summed E-state index contributed by atoms with van der Waals surface area (Å²) in [5.74, 6) is -2.03. The molecule has 2 aromatic rings. The molecule has 11 nitrogen and oxygen atoms in total. The molecular formula is C31H42N2O9. The van der Waals surface area contributed by atoms with Crippen LogP contribution in [0, 0.1) is 17.8 Å². The van der Waals surface area contributed by atoms with E-state index in [-0.39, 0.29) is 35.8 Å². The Morgan fingerprint density at radius 2 is 1.76 bits per heavy atom. The largest absolute Gasteiger partial charge is 0.493 e. The van der Waals surface area contributed by atoms with Gasteiger partial charge in [-0.05, 0) is 30.7 Å². The van der Waals surface area contributed by atoms with Gasteiger partial charge in [-0.3, -0.25) is 9.59 Å². The highest BCUT2D eigenvalue weighted by molar-refractivity contribution is 5.98. The lowest BCUT2D eigenvalue weighted by Gasteiger charge is -2.30. The van der Waals surface area contributed by atoms with Crippen LogP contribution < -0.4 is 14.8 Å². The van der Waals surface area contributed by atoms with Gasteiger partial charge in [0.05, 0.1) is 19.6 Å². The molecule has 0 bridgehead atoms. The molecule has 1 aromatic heterocycles. The Morgan fingerprint density at radius 1 is 1.05 bits per heavy atom. The van der Waals surface area contributed by atoms with Crippen molar-refractivity contribution in [3.63, 3.8) is 0 Å². The lowest BCUT2D eigenvalue weighted by molar-refractivity contribution is -0.165. The fourth-order valence-electron chi connectivity index (χ4n) is 4.36. The third-order valence-electron chi connectivity index (χ3n) is 6.41. The SMILES string of the molecule is COc1ccnc(C(=O)NC2COC(=O)C(Cc3ccccc3)C(OCC(C)C)C(C)OC2=O)c1OCOCC(C)C. The molecule has 11 heteroatoms. The first kappa shape index (κ1) is 32.8.